The maximum atomic E-state index is 5.43. The quantitative estimate of drug-likeness (QED) is 0.0904. The second-order valence-electron chi connectivity index (χ2n) is 12.2. The van der Waals surface area contributed by atoms with Gasteiger partial charge in [-0.2, -0.15) is 0 Å². The molecule has 0 aromatic carbocycles. The van der Waals surface area contributed by atoms with Gasteiger partial charge in [0.1, 0.15) is 0 Å². The molecule has 0 saturated heterocycles. The molecule has 0 aromatic heterocycles. The van der Waals surface area contributed by atoms with Crippen molar-refractivity contribution in [3.8, 4) is 0 Å². The summed E-state index contributed by atoms with van der Waals surface area (Å²) >= 11 is 0. The molecule has 0 aromatic rings. The summed E-state index contributed by atoms with van der Waals surface area (Å²) in [5, 5.41) is 0. The molecule has 35 heavy (non-hydrogen) atoms. The van der Waals surface area contributed by atoms with Gasteiger partial charge < -0.3 is 0 Å². The van der Waals surface area contributed by atoms with Gasteiger partial charge in [-0.15, -0.1) is 0 Å². The summed E-state index contributed by atoms with van der Waals surface area (Å²) in [4.78, 5) is 0. The minimum Gasteiger partial charge on any atom is -0.272 e. The van der Waals surface area contributed by atoms with Crippen LogP contribution in [0.5, 0.6) is 0 Å². The van der Waals surface area contributed by atoms with Crippen LogP contribution < -0.4 is 0 Å². The fraction of sp³-hybridized carbons (Fsp3) is 0.750. The van der Waals surface area contributed by atoms with E-state index in [1.54, 1.807) is 0 Å². The minimum absolute atomic E-state index is 0. The fourth-order valence-corrected chi connectivity index (χ4v) is 8.03. The zero-order valence-electron chi connectivity index (χ0n) is 25.1. The molecule has 0 saturated carbocycles. The van der Waals surface area contributed by atoms with Crippen LogP contribution in [0.25, 0.3) is 0 Å². The van der Waals surface area contributed by atoms with Gasteiger partial charge in [0.15, 0.2) is 0 Å². The first-order chi connectivity index (χ1) is 16.0. The summed E-state index contributed by atoms with van der Waals surface area (Å²) in [5.41, 5.74) is 1.96. The van der Waals surface area contributed by atoms with Crippen LogP contribution in [0.3, 0.4) is 0 Å². The van der Waals surface area contributed by atoms with Gasteiger partial charge in [-0.1, -0.05) is 137 Å². The number of hydrogen-bond acceptors (Lipinski definition) is 1. The molecular weight excluding hydrogens is 477 g/mol. The molecular formula is C32H60NPTi. The van der Waals surface area contributed by atoms with Crippen LogP contribution in [0.1, 0.15) is 127 Å². The Morgan fingerprint density at radius 1 is 0.714 bits per heavy atom. The zero-order valence-corrected chi connectivity index (χ0v) is 27.6. The van der Waals surface area contributed by atoms with E-state index >= 15 is 0 Å². The van der Waals surface area contributed by atoms with Crippen molar-refractivity contribution in [1.82, 2.24) is 0 Å². The van der Waals surface area contributed by atoms with Crippen molar-refractivity contribution >= 4 is 7.05 Å². The number of unbranched alkanes of at least 4 members (excludes halogenated alkanes) is 6. The van der Waals surface area contributed by atoms with Crippen LogP contribution in [0.2, 0.25) is 0 Å². The third-order valence-corrected chi connectivity index (χ3v) is 10.1. The molecule has 0 radical (unpaired) electrons. The zero-order chi connectivity index (χ0) is 25.9. The van der Waals surface area contributed by atoms with Crippen LogP contribution >= 0.6 is 7.05 Å². The first kappa shape index (κ1) is 37.1. The van der Waals surface area contributed by atoms with E-state index < -0.39 is 7.05 Å². The molecule has 0 aliphatic heterocycles. The minimum atomic E-state index is -1.12. The molecule has 0 N–H and O–H groups in total. The Bertz CT molecular complexity index is 628. The van der Waals surface area contributed by atoms with Gasteiger partial charge in [0.2, 0.25) is 0 Å². The molecule has 0 spiro atoms. The van der Waals surface area contributed by atoms with Crippen LogP contribution in [-0.2, 0) is 21.7 Å². The average molecular weight is 538 g/mol. The van der Waals surface area contributed by atoms with Gasteiger partial charge in [0.05, 0.1) is 0 Å². The standard InChI is InChI=1S/C20H38NP.C12H22.Ti/c1-4-7-12-17-22(18-13-8-5-2,19-14-9-6-3)21-20-15-10-11-16-20;1-11(2,3)9-7-8-10-12(4,5)6;/h10-11,15H,4-9,12-14,16-19H2,1-3H3;7-10H,1-6H3;. The topological polar surface area (TPSA) is 12.4 Å². The van der Waals surface area contributed by atoms with E-state index in [1.807, 2.05) is 0 Å². The van der Waals surface area contributed by atoms with E-state index in [0.29, 0.717) is 10.8 Å². The smallest absolute Gasteiger partial charge is 0.0425 e. The third-order valence-electron chi connectivity index (χ3n) is 5.93. The summed E-state index contributed by atoms with van der Waals surface area (Å²) < 4.78 is 5.43. The van der Waals surface area contributed by atoms with E-state index in [2.05, 4.69) is 105 Å². The SMILES string of the molecule is CC(C)(C)C=CC=CC(C)(C)C.CCCCCP(CCCCC)(CCCCC)=NC1=CC=CC1.[Ti]. The molecule has 1 rings (SSSR count). The molecule has 1 aliphatic rings. The first-order valence-electron chi connectivity index (χ1n) is 14.3. The molecule has 0 heterocycles. The Balaban J connectivity index is 0. The number of rotatable bonds is 14. The van der Waals surface area contributed by atoms with Gasteiger partial charge >= 0.3 is 0 Å². The predicted molar refractivity (Wildman–Crippen MR) is 162 cm³/mol. The van der Waals surface area contributed by atoms with Crippen molar-refractivity contribution in [3.05, 3.63) is 48.2 Å². The summed E-state index contributed by atoms with van der Waals surface area (Å²) in [5.74, 6) is 0. The van der Waals surface area contributed by atoms with Crippen molar-refractivity contribution in [2.24, 2.45) is 15.6 Å². The van der Waals surface area contributed by atoms with Crippen LogP contribution in [0, 0.1) is 10.8 Å². The van der Waals surface area contributed by atoms with Gasteiger partial charge in [0.25, 0.3) is 0 Å². The van der Waals surface area contributed by atoms with E-state index in [-0.39, 0.29) is 21.7 Å². The third kappa shape index (κ3) is 22.8. The Kier molecular flexibility index (Phi) is 22.1. The molecule has 0 amide bonds. The van der Waals surface area contributed by atoms with Crippen molar-refractivity contribution < 1.29 is 21.7 Å². The summed E-state index contributed by atoms with van der Waals surface area (Å²) in [6, 6.07) is 0. The number of hydrogen-bond donors (Lipinski definition) is 0. The van der Waals surface area contributed by atoms with Gasteiger partial charge in [-0.05, 0) is 61.7 Å². The fourth-order valence-electron chi connectivity index (χ4n) is 3.92. The molecule has 202 valence electrons. The van der Waals surface area contributed by atoms with Crippen molar-refractivity contribution in [1.29, 1.82) is 0 Å². The second-order valence-corrected chi connectivity index (χ2v) is 16.0. The van der Waals surface area contributed by atoms with Crippen molar-refractivity contribution in [3.63, 3.8) is 0 Å². The Morgan fingerprint density at radius 2 is 1.11 bits per heavy atom. The normalized spacial score (nSPS) is 14.1. The molecule has 3 heteroatoms. The van der Waals surface area contributed by atoms with E-state index in [0.717, 1.165) is 6.42 Å². The molecule has 0 fully saturated rings. The Labute approximate surface area is 236 Å². The van der Waals surface area contributed by atoms with Crippen LogP contribution in [0.15, 0.2) is 53.0 Å². The van der Waals surface area contributed by atoms with Gasteiger partial charge in [-0.3, -0.25) is 4.74 Å². The molecule has 0 atom stereocenters. The van der Waals surface area contributed by atoms with Gasteiger partial charge in [0, 0.05) is 33.8 Å². The van der Waals surface area contributed by atoms with Crippen molar-refractivity contribution in [2.75, 3.05) is 18.5 Å². The van der Waals surface area contributed by atoms with E-state index in [9.17, 15) is 0 Å². The largest absolute Gasteiger partial charge is 0.272 e. The van der Waals surface area contributed by atoms with Crippen LogP contribution in [-0.4, -0.2) is 18.5 Å². The number of allylic oxidation sites excluding steroid dienone is 7. The van der Waals surface area contributed by atoms with Crippen LogP contribution in [0.4, 0.5) is 0 Å². The van der Waals surface area contributed by atoms with Crippen molar-refractivity contribution in [2.45, 2.75) is 127 Å². The van der Waals surface area contributed by atoms with E-state index in [1.165, 1.54) is 82.0 Å². The molecule has 0 bridgehead atoms. The summed E-state index contributed by atoms with van der Waals surface area (Å²) in [7, 11) is -1.12. The number of nitrogens with zero attached hydrogens (tertiary/aromatic N) is 1. The molecule has 1 nitrogen and oxygen atoms in total. The average Bonchev–Trinajstić information content (AvgIpc) is 3.24. The maximum Gasteiger partial charge on any atom is 0.0425 e. The molecule has 1 aliphatic carbocycles. The summed E-state index contributed by atoms with van der Waals surface area (Å²) in [6.45, 7) is 20.2. The first-order valence-corrected chi connectivity index (χ1v) is 16.6. The second kappa shape index (κ2) is 20.9. The molecule has 0 unspecified atom stereocenters. The predicted octanol–water partition coefficient (Wildman–Crippen LogP) is 11.8. The summed E-state index contributed by atoms with van der Waals surface area (Å²) in [6.07, 6.45) is 33.0. The monoisotopic (exact) mass is 537 g/mol. The van der Waals surface area contributed by atoms with E-state index in [4.69, 9.17) is 4.74 Å². The maximum absolute atomic E-state index is 5.43. The Morgan fingerprint density at radius 3 is 1.40 bits per heavy atom. The Hall–Kier alpha value is -0.0957. The van der Waals surface area contributed by atoms with Gasteiger partial charge in [-0.25, -0.2) is 0 Å².